The zero-order valence-electron chi connectivity index (χ0n) is 12.3. The van der Waals surface area contributed by atoms with E-state index < -0.39 is 0 Å². The average Bonchev–Trinajstić information content (AvgIpc) is 3.04. The molecule has 1 aliphatic heterocycles. The Hall–Kier alpha value is -2.08. The molecule has 3 heterocycles. The molecule has 1 saturated heterocycles. The molecule has 0 N–H and O–H groups in total. The average molecular weight is 289 g/mol. The Balaban J connectivity index is 1.88. The van der Waals surface area contributed by atoms with Crippen molar-refractivity contribution in [2.45, 2.75) is 25.5 Å². The van der Waals surface area contributed by atoms with Gasteiger partial charge >= 0.3 is 0 Å². The fraction of sp³-hybridized carbons (Fsp3) is 0.467. The number of methoxy groups -OCH3 is 2. The highest BCUT2D eigenvalue weighted by Crippen LogP contribution is 2.31. The summed E-state index contributed by atoms with van der Waals surface area (Å²) in [7, 11) is 3.18. The third kappa shape index (κ3) is 2.85. The lowest BCUT2D eigenvalue weighted by Gasteiger charge is -2.22. The number of aromatic nitrogens is 3. The molecule has 112 valence electrons. The predicted molar refractivity (Wildman–Crippen MR) is 77.4 cm³/mol. The van der Waals surface area contributed by atoms with Crippen LogP contribution in [0.25, 0.3) is 11.1 Å². The van der Waals surface area contributed by atoms with E-state index in [1.54, 1.807) is 14.2 Å². The second kappa shape index (κ2) is 6.13. The smallest absolute Gasteiger partial charge is 0.224 e. The van der Waals surface area contributed by atoms with Crippen LogP contribution in [0.2, 0.25) is 0 Å². The highest BCUT2D eigenvalue weighted by atomic mass is 16.5. The van der Waals surface area contributed by atoms with Crippen LogP contribution in [0.3, 0.4) is 0 Å². The van der Waals surface area contributed by atoms with Gasteiger partial charge in [-0.1, -0.05) is 0 Å². The third-order valence-corrected chi connectivity index (χ3v) is 3.60. The van der Waals surface area contributed by atoms with E-state index in [1.165, 1.54) is 6.42 Å². The molecule has 0 aliphatic carbocycles. The van der Waals surface area contributed by atoms with E-state index in [-0.39, 0.29) is 6.23 Å². The molecule has 3 rings (SSSR count). The maximum atomic E-state index is 5.74. The molecule has 0 amide bonds. The summed E-state index contributed by atoms with van der Waals surface area (Å²) in [4.78, 5) is 4.30. The van der Waals surface area contributed by atoms with Crippen LogP contribution in [0, 0.1) is 0 Å². The molecule has 0 radical (unpaired) electrons. The van der Waals surface area contributed by atoms with Crippen LogP contribution in [0.15, 0.2) is 24.5 Å². The topological polar surface area (TPSA) is 58.4 Å². The Labute approximate surface area is 123 Å². The Morgan fingerprint density at radius 3 is 2.86 bits per heavy atom. The summed E-state index contributed by atoms with van der Waals surface area (Å²) < 4.78 is 18.1. The van der Waals surface area contributed by atoms with Crippen LogP contribution in [0.4, 0.5) is 0 Å². The van der Waals surface area contributed by atoms with E-state index in [0.717, 1.165) is 30.6 Å². The van der Waals surface area contributed by atoms with Crippen molar-refractivity contribution in [3.05, 3.63) is 24.5 Å². The molecule has 1 aliphatic rings. The monoisotopic (exact) mass is 289 g/mol. The normalized spacial score (nSPS) is 18.5. The molecule has 0 unspecified atom stereocenters. The van der Waals surface area contributed by atoms with Crippen molar-refractivity contribution in [1.82, 2.24) is 14.8 Å². The Bertz CT molecular complexity index is 606. The van der Waals surface area contributed by atoms with Crippen molar-refractivity contribution < 1.29 is 14.2 Å². The lowest BCUT2D eigenvalue weighted by Crippen LogP contribution is -2.18. The molecular formula is C15H19N3O3. The van der Waals surface area contributed by atoms with Gasteiger partial charge in [-0.05, 0) is 25.3 Å². The number of nitrogens with zero attached hydrogens (tertiary/aromatic N) is 3. The van der Waals surface area contributed by atoms with E-state index in [2.05, 4.69) is 10.1 Å². The van der Waals surface area contributed by atoms with E-state index in [9.17, 15) is 0 Å². The van der Waals surface area contributed by atoms with Crippen LogP contribution in [-0.2, 0) is 4.74 Å². The summed E-state index contributed by atoms with van der Waals surface area (Å²) in [5, 5.41) is 4.41. The minimum atomic E-state index is 0.0321. The quantitative estimate of drug-likeness (QED) is 0.866. The molecule has 1 fully saturated rings. The molecule has 0 spiro atoms. The molecule has 0 saturated carbocycles. The van der Waals surface area contributed by atoms with E-state index in [4.69, 9.17) is 14.2 Å². The van der Waals surface area contributed by atoms with Crippen molar-refractivity contribution in [3.63, 3.8) is 0 Å². The lowest BCUT2D eigenvalue weighted by molar-refractivity contribution is -0.0394. The Kier molecular flexibility index (Phi) is 4.06. The van der Waals surface area contributed by atoms with Crippen molar-refractivity contribution in [3.8, 4) is 22.9 Å². The molecule has 0 aromatic carbocycles. The van der Waals surface area contributed by atoms with E-state index in [1.807, 2.05) is 29.2 Å². The maximum absolute atomic E-state index is 5.74. The van der Waals surface area contributed by atoms with Gasteiger partial charge in [-0.15, -0.1) is 0 Å². The largest absolute Gasteiger partial charge is 0.481 e. The van der Waals surface area contributed by atoms with E-state index in [0.29, 0.717) is 11.8 Å². The van der Waals surface area contributed by atoms with Gasteiger partial charge in [0.05, 0.1) is 20.4 Å². The Morgan fingerprint density at radius 2 is 2.14 bits per heavy atom. The first-order valence-corrected chi connectivity index (χ1v) is 7.07. The molecule has 6 nitrogen and oxygen atoms in total. The van der Waals surface area contributed by atoms with Gasteiger partial charge in [0, 0.05) is 30.0 Å². The molecule has 1 atom stereocenters. The molecule has 2 aromatic heterocycles. The number of pyridine rings is 1. The summed E-state index contributed by atoms with van der Waals surface area (Å²) in [5.41, 5.74) is 1.84. The van der Waals surface area contributed by atoms with Crippen LogP contribution in [-0.4, -0.2) is 35.6 Å². The molecular weight excluding hydrogens is 270 g/mol. The van der Waals surface area contributed by atoms with Gasteiger partial charge in [0.1, 0.15) is 6.23 Å². The molecule has 6 heteroatoms. The van der Waals surface area contributed by atoms with Crippen LogP contribution >= 0.6 is 0 Å². The van der Waals surface area contributed by atoms with Gasteiger partial charge in [0.15, 0.2) is 0 Å². The maximum Gasteiger partial charge on any atom is 0.224 e. The van der Waals surface area contributed by atoms with Gasteiger partial charge in [-0.3, -0.25) is 0 Å². The van der Waals surface area contributed by atoms with Gasteiger partial charge in [-0.25, -0.2) is 4.68 Å². The van der Waals surface area contributed by atoms with Gasteiger partial charge in [0.25, 0.3) is 0 Å². The van der Waals surface area contributed by atoms with Gasteiger partial charge in [-0.2, -0.15) is 10.1 Å². The fourth-order valence-electron chi connectivity index (χ4n) is 2.48. The summed E-state index contributed by atoms with van der Waals surface area (Å²) >= 11 is 0. The first-order valence-electron chi connectivity index (χ1n) is 7.07. The summed E-state index contributed by atoms with van der Waals surface area (Å²) in [6.07, 6.45) is 7.11. The molecule has 0 bridgehead atoms. The lowest BCUT2D eigenvalue weighted by atomic mass is 10.1. The third-order valence-electron chi connectivity index (χ3n) is 3.60. The highest BCUT2D eigenvalue weighted by molar-refractivity contribution is 5.67. The van der Waals surface area contributed by atoms with Gasteiger partial charge in [0.2, 0.25) is 11.8 Å². The number of rotatable bonds is 4. The standard InChI is InChI=1S/C15H19N3O3/c1-19-13-7-6-12(15(17-13)20-2)11-9-16-18(10-11)14-5-3-4-8-21-14/h6-7,9-10,14H,3-5,8H2,1-2H3/t14-/m1/s1. The van der Waals surface area contributed by atoms with Crippen LogP contribution < -0.4 is 9.47 Å². The fourth-order valence-corrected chi connectivity index (χ4v) is 2.48. The van der Waals surface area contributed by atoms with Gasteiger partial charge < -0.3 is 14.2 Å². The van der Waals surface area contributed by atoms with Crippen LogP contribution in [0.5, 0.6) is 11.8 Å². The number of ether oxygens (including phenoxy) is 3. The number of hydrogen-bond acceptors (Lipinski definition) is 5. The summed E-state index contributed by atoms with van der Waals surface area (Å²) in [6.45, 7) is 0.799. The molecule has 21 heavy (non-hydrogen) atoms. The number of hydrogen-bond donors (Lipinski definition) is 0. The summed E-state index contributed by atoms with van der Waals surface area (Å²) in [6, 6.07) is 3.74. The highest BCUT2D eigenvalue weighted by Gasteiger charge is 2.18. The van der Waals surface area contributed by atoms with Crippen LogP contribution in [0.1, 0.15) is 25.5 Å². The van der Waals surface area contributed by atoms with Crippen molar-refractivity contribution >= 4 is 0 Å². The minimum absolute atomic E-state index is 0.0321. The first-order chi connectivity index (χ1) is 10.3. The van der Waals surface area contributed by atoms with Crippen molar-refractivity contribution in [1.29, 1.82) is 0 Å². The SMILES string of the molecule is COc1ccc(-c2cnn([C@H]3CCCCO3)c2)c(OC)n1. The second-order valence-corrected chi connectivity index (χ2v) is 4.94. The van der Waals surface area contributed by atoms with Crippen molar-refractivity contribution in [2.24, 2.45) is 0 Å². The zero-order valence-corrected chi connectivity index (χ0v) is 12.3. The predicted octanol–water partition coefficient (Wildman–Crippen LogP) is 2.66. The van der Waals surface area contributed by atoms with E-state index >= 15 is 0 Å². The zero-order chi connectivity index (χ0) is 14.7. The summed E-state index contributed by atoms with van der Waals surface area (Å²) in [5.74, 6) is 1.05. The second-order valence-electron chi connectivity index (χ2n) is 4.94. The molecule has 2 aromatic rings. The first kappa shape index (κ1) is 13.9. The Morgan fingerprint density at radius 1 is 1.24 bits per heavy atom. The minimum Gasteiger partial charge on any atom is -0.481 e. The van der Waals surface area contributed by atoms with Crippen molar-refractivity contribution in [2.75, 3.05) is 20.8 Å².